The zero-order valence-electron chi connectivity index (χ0n) is 12.5. The number of thiazole rings is 1. The van der Waals surface area contributed by atoms with E-state index in [1.165, 1.54) is 29.5 Å². The normalized spacial score (nSPS) is 10.9. The van der Waals surface area contributed by atoms with Crippen molar-refractivity contribution >= 4 is 22.0 Å². The van der Waals surface area contributed by atoms with Gasteiger partial charge in [-0.15, -0.1) is 11.3 Å². The quantitative estimate of drug-likeness (QED) is 0.542. The average molecular weight is 331 g/mol. The van der Waals surface area contributed by atoms with E-state index in [2.05, 4.69) is 4.98 Å². The van der Waals surface area contributed by atoms with Gasteiger partial charge >= 0.3 is 0 Å². The maximum absolute atomic E-state index is 12.1. The minimum Gasteiger partial charge on any atom is -0.487 e. The summed E-state index contributed by atoms with van der Waals surface area (Å²) in [4.78, 5) is 27.4. The molecule has 0 atom stereocenters. The molecular formula is C15H13N3O4S. The first-order chi connectivity index (χ1) is 11.0. The Balaban J connectivity index is 1.82. The van der Waals surface area contributed by atoms with Gasteiger partial charge < -0.3 is 4.74 Å². The third kappa shape index (κ3) is 2.93. The van der Waals surface area contributed by atoms with Crippen molar-refractivity contribution in [2.45, 2.75) is 20.5 Å². The molecule has 7 nitrogen and oxygen atoms in total. The summed E-state index contributed by atoms with van der Waals surface area (Å²) in [6.07, 6.45) is 0. The summed E-state index contributed by atoms with van der Waals surface area (Å²) >= 11 is 1.39. The SMILES string of the molecule is Cc1cc(OCc2cc(=O)n3c(C)csc3n2)ccc1[N+](=O)[O-]. The summed E-state index contributed by atoms with van der Waals surface area (Å²) in [6, 6.07) is 5.97. The van der Waals surface area contributed by atoms with Gasteiger partial charge in [0.15, 0.2) is 4.96 Å². The van der Waals surface area contributed by atoms with E-state index < -0.39 is 4.92 Å². The van der Waals surface area contributed by atoms with Gasteiger partial charge in [-0.25, -0.2) is 4.98 Å². The second kappa shape index (κ2) is 5.81. The second-order valence-corrected chi connectivity index (χ2v) is 5.91. The topological polar surface area (TPSA) is 86.7 Å². The highest BCUT2D eigenvalue weighted by atomic mass is 32.1. The summed E-state index contributed by atoms with van der Waals surface area (Å²) in [5, 5.41) is 12.7. The zero-order chi connectivity index (χ0) is 16.6. The standard InChI is InChI=1S/C15H13N3O4S/c1-9-5-12(3-4-13(9)18(20)21)22-7-11-6-14(19)17-10(2)8-23-15(17)16-11/h3-6,8H,7H2,1-2H3. The molecule has 0 saturated heterocycles. The molecule has 3 rings (SSSR count). The third-order valence-electron chi connectivity index (χ3n) is 3.38. The molecule has 0 saturated carbocycles. The molecule has 0 aliphatic carbocycles. The van der Waals surface area contributed by atoms with E-state index in [1.54, 1.807) is 17.4 Å². The lowest BCUT2D eigenvalue weighted by Crippen LogP contribution is -2.15. The Kier molecular flexibility index (Phi) is 3.83. The third-order valence-corrected chi connectivity index (χ3v) is 4.32. The molecule has 8 heteroatoms. The lowest BCUT2D eigenvalue weighted by molar-refractivity contribution is -0.385. The van der Waals surface area contributed by atoms with Gasteiger partial charge in [0.1, 0.15) is 12.4 Å². The van der Waals surface area contributed by atoms with Crippen LogP contribution in [-0.2, 0) is 6.61 Å². The summed E-state index contributed by atoms with van der Waals surface area (Å²) in [5.41, 5.74) is 1.79. The van der Waals surface area contributed by atoms with E-state index >= 15 is 0 Å². The molecular weight excluding hydrogens is 318 g/mol. The van der Waals surface area contributed by atoms with Gasteiger partial charge in [-0.05, 0) is 26.0 Å². The van der Waals surface area contributed by atoms with E-state index in [9.17, 15) is 14.9 Å². The van der Waals surface area contributed by atoms with Gasteiger partial charge in [-0.1, -0.05) is 0 Å². The molecule has 2 heterocycles. The first kappa shape index (κ1) is 15.2. The van der Waals surface area contributed by atoms with Crippen LogP contribution in [0.3, 0.4) is 0 Å². The highest BCUT2D eigenvalue weighted by Gasteiger charge is 2.11. The molecule has 0 aliphatic heterocycles. The predicted octanol–water partition coefficient (Wildman–Crippen LogP) is 2.86. The van der Waals surface area contributed by atoms with Crippen molar-refractivity contribution < 1.29 is 9.66 Å². The van der Waals surface area contributed by atoms with Crippen LogP contribution in [0.2, 0.25) is 0 Å². The van der Waals surface area contributed by atoms with Crippen molar-refractivity contribution in [1.29, 1.82) is 0 Å². The molecule has 0 amide bonds. The van der Waals surface area contributed by atoms with Crippen molar-refractivity contribution in [2.24, 2.45) is 0 Å². The largest absolute Gasteiger partial charge is 0.487 e. The van der Waals surface area contributed by atoms with E-state index in [1.807, 2.05) is 12.3 Å². The van der Waals surface area contributed by atoms with E-state index in [4.69, 9.17) is 4.74 Å². The molecule has 0 spiro atoms. The molecule has 0 radical (unpaired) electrons. The monoisotopic (exact) mass is 331 g/mol. The van der Waals surface area contributed by atoms with Crippen LogP contribution >= 0.6 is 11.3 Å². The molecule has 23 heavy (non-hydrogen) atoms. The number of ether oxygens (including phenoxy) is 1. The van der Waals surface area contributed by atoms with Gasteiger partial charge in [0.25, 0.3) is 11.2 Å². The zero-order valence-corrected chi connectivity index (χ0v) is 13.3. The van der Waals surface area contributed by atoms with E-state index in [0.717, 1.165) is 5.69 Å². The minimum atomic E-state index is -0.436. The number of hydrogen-bond donors (Lipinski definition) is 0. The molecule has 118 valence electrons. The number of benzene rings is 1. The highest BCUT2D eigenvalue weighted by molar-refractivity contribution is 7.15. The van der Waals surface area contributed by atoms with Gasteiger partial charge in [0.2, 0.25) is 0 Å². The Morgan fingerprint density at radius 1 is 1.35 bits per heavy atom. The molecule has 0 unspecified atom stereocenters. The van der Waals surface area contributed by atoms with Crippen LogP contribution in [0.15, 0.2) is 34.4 Å². The first-order valence-electron chi connectivity index (χ1n) is 6.80. The highest BCUT2D eigenvalue weighted by Crippen LogP contribution is 2.23. The van der Waals surface area contributed by atoms with Crippen LogP contribution in [-0.4, -0.2) is 14.3 Å². The van der Waals surface area contributed by atoms with Crippen LogP contribution in [0.25, 0.3) is 4.96 Å². The Morgan fingerprint density at radius 3 is 2.83 bits per heavy atom. The Hall–Kier alpha value is -2.74. The number of nitro benzene ring substituents is 1. The van der Waals surface area contributed by atoms with Gasteiger partial charge in [-0.3, -0.25) is 19.3 Å². The van der Waals surface area contributed by atoms with Crippen LogP contribution in [0.5, 0.6) is 5.75 Å². The number of nitro groups is 1. The van der Waals surface area contributed by atoms with Gasteiger partial charge in [0.05, 0.1) is 10.6 Å². The van der Waals surface area contributed by atoms with Crippen LogP contribution in [0.4, 0.5) is 5.69 Å². The lowest BCUT2D eigenvalue weighted by Gasteiger charge is -2.07. The summed E-state index contributed by atoms with van der Waals surface area (Å²) in [7, 11) is 0. The maximum Gasteiger partial charge on any atom is 0.272 e. The molecule has 2 aromatic heterocycles. The summed E-state index contributed by atoms with van der Waals surface area (Å²) in [5.74, 6) is 0.498. The number of aromatic nitrogens is 2. The molecule has 0 N–H and O–H groups in total. The number of hydrogen-bond acceptors (Lipinski definition) is 6. The minimum absolute atomic E-state index is 0.0456. The fraction of sp³-hybridized carbons (Fsp3) is 0.200. The van der Waals surface area contributed by atoms with Gasteiger partial charge in [0, 0.05) is 28.8 Å². The van der Waals surface area contributed by atoms with Crippen molar-refractivity contribution in [3.8, 4) is 5.75 Å². The number of fused-ring (bicyclic) bond motifs is 1. The fourth-order valence-corrected chi connectivity index (χ4v) is 3.15. The molecule has 0 bridgehead atoms. The first-order valence-corrected chi connectivity index (χ1v) is 7.68. The lowest BCUT2D eigenvalue weighted by atomic mass is 10.2. The summed E-state index contributed by atoms with van der Waals surface area (Å²) in [6.45, 7) is 3.62. The van der Waals surface area contributed by atoms with E-state index in [0.29, 0.717) is 22.0 Å². The van der Waals surface area contributed by atoms with Crippen molar-refractivity contribution in [3.63, 3.8) is 0 Å². The fourth-order valence-electron chi connectivity index (χ4n) is 2.25. The number of rotatable bonds is 4. The Bertz CT molecular complexity index is 961. The van der Waals surface area contributed by atoms with Crippen molar-refractivity contribution in [3.05, 3.63) is 67.1 Å². The second-order valence-electron chi connectivity index (χ2n) is 5.07. The van der Waals surface area contributed by atoms with Crippen molar-refractivity contribution in [2.75, 3.05) is 0 Å². The van der Waals surface area contributed by atoms with Crippen molar-refractivity contribution in [1.82, 2.24) is 9.38 Å². The Morgan fingerprint density at radius 2 is 2.13 bits per heavy atom. The smallest absolute Gasteiger partial charge is 0.272 e. The number of aryl methyl sites for hydroxylation is 2. The van der Waals surface area contributed by atoms with Crippen LogP contribution in [0.1, 0.15) is 17.0 Å². The molecule has 0 aliphatic rings. The molecule has 1 aromatic carbocycles. The number of nitrogens with zero attached hydrogens (tertiary/aromatic N) is 3. The predicted molar refractivity (Wildman–Crippen MR) is 86.2 cm³/mol. The Labute approximate surface area is 135 Å². The molecule has 3 aromatic rings. The van der Waals surface area contributed by atoms with Crippen LogP contribution < -0.4 is 10.3 Å². The van der Waals surface area contributed by atoms with Crippen LogP contribution in [0, 0.1) is 24.0 Å². The van der Waals surface area contributed by atoms with Gasteiger partial charge in [-0.2, -0.15) is 0 Å². The average Bonchev–Trinajstić information content (AvgIpc) is 2.86. The molecule has 0 fully saturated rings. The maximum atomic E-state index is 12.1. The summed E-state index contributed by atoms with van der Waals surface area (Å²) < 4.78 is 7.14. The van der Waals surface area contributed by atoms with E-state index in [-0.39, 0.29) is 17.9 Å².